The van der Waals surface area contributed by atoms with E-state index in [1.807, 2.05) is 14.0 Å². The lowest BCUT2D eigenvalue weighted by Gasteiger charge is -2.38. The second-order valence-corrected chi connectivity index (χ2v) is 4.28. The molecule has 1 heterocycles. The van der Waals surface area contributed by atoms with Gasteiger partial charge in [0.1, 0.15) is 12.6 Å². The normalized spacial score (nSPS) is 32.6. The van der Waals surface area contributed by atoms with Crippen LogP contribution in [0.4, 0.5) is 0 Å². The number of aliphatic hydroxyl groups excluding tert-OH is 1. The van der Waals surface area contributed by atoms with Crippen LogP contribution in [0, 0.1) is 0 Å². The number of likely N-dealkylation sites (tertiary alicyclic amines) is 1. The van der Waals surface area contributed by atoms with Crippen molar-refractivity contribution in [3.63, 3.8) is 0 Å². The van der Waals surface area contributed by atoms with Crippen LogP contribution in [0.2, 0.25) is 0 Å². The van der Waals surface area contributed by atoms with Crippen LogP contribution in [0.15, 0.2) is 0 Å². The van der Waals surface area contributed by atoms with Gasteiger partial charge in [0.25, 0.3) is 0 Å². The zero-order valence-electron chi connectivity index (χ0n) is 9.03. The molecule has 1 fully saturated rings. The molecule has 2 unspecified atom stereocenters. The van der Waals surface area contributed by atoms with Gasteiger partial charge in [-0.25, -0.2) is 4.79 Å². The van der Waals surface area contributed by atoms with Crippen molar-refractivity contribution < 1.29 is 19.1 Å². The van der Waals surface area contributed by atoms with Gasteiger partial charge in [0.05, 0.1) is 20.2 Å². The molecular weight excluding hydrogens is 182 g/mol. The molecule has 0 saturated carbocycles. The third-order valence-corrected chi connectivity index (χ3v) is 2.70. The Kier molecular flexibility index (Phi) is 3.89. The minimum atomic E-state index is -0.261. The number of carbonyl (C=O) groups excluding carboxylic acids is 1. The Morgan fingerprint density at radius 2 is 2.36 bits per heavy atom. The predicted molar refractivity (Wildman–Crippen MR) is 52.7 cm³/mol. The minimum Gasteiger partial charge on any atom is -0.462 e. The van der Waals surface area contributed by atoms with Crippen LogP contribution in [-0.2, 0) is 9.53 Å². The first kappa shape index (κ1) is 11.5. The molecule has 1 aliphatic rings. The highest BCUT2D eigenvalue weighted by atomic mass is 16.5. The monoisotopic (exact) mass is 202 g/mol. The van der Waals surface area contributed by atoms with E-state index in [9.17, 15) is 9.90 Å². The molecule has 4 heteroatoms. The molecule has 0 bridgehead atoms. The maximum absolute atomic E-state index is 11.3. The Balaban J connectivity index is 2.43. The first-order valence-corrected chi connectivity index (χ1v) is 5.23. The molecule has 1 rings (SSSR count). The second-order valence-electron chi connectivity index (χ2n) is 4.28. The topological polar surface area (TPSA) is 46.5 Å². The molecule has 0 aromatic carbocycles. The minimum absolute atomic E-state index is 0.163. The summed E-state index contributed by atoms with van der Waals surface area (Å²) in [5.74, 6) is -0.163. The largest absolute Gasteiger partial charge is 0.462 e. The summed E-state index contributed by atoms with van der Waals surface area (Å²) in [4.78, 5) is 11.3. The molecule has 2 atom stereocenters. The summed E-state index contributed by atoms with van der Waals surface area (Å²) in [5.41, 5.74) is 0. The molecule has 0 aliphatic carbocycles. The third kappa shape index (κ3) is 3.27. The van der Waals surface area contributed by atoms with E-state index in [1.165, 1.54) is 0 Å². The van der Waals surface area contributed by atoms with Gasteiger partial charge in [0.2, 0.25) is 0 Å². The molecule has 82 valence electrons. The van der Waals surface area contributed by atoms with Crippen molar-refractivity contribution in [2.24, 2.45) is 0 Å². The van der Waals surface area contributed by atoms with Crippen molar-refractivity contribution in [2.45, 2.75) is 25.9 Å². The number of nitrogens with zero attached hydrogens (tertiary/aromatic N) is 1. The van der Waals surface area contributed by atoms with Gasteiger partial charge in [0.15, 0.2) is 6.54 Å². The number of hydrogen-bond acceptors (Lipinski definition) is 3. The molecule has 1 saturated heterocycles. The van der Waals surface area contributed by atoms with Crippen molar-refractivity contribution in [2.75, 3.05) is 33.3 Å². The lowest BCUT2D eigenvalue weighted by Crippen LogP contribution is -2.55. The fourth-order valence-electron chi connectivity index (χ4n) is 2.06. The number of quaternary nitrogens is 1. The first-order chi connectivity index (χ1) is 6.56. The van der Waals surface area contributed by atoms with E-state index in [0.717, 1.165) is 19.4 Å². The van der Waals surface area contributed by atoms with E-state index in [-0.39, 0.29) is 12.1 Å². The first-order valence-electron chi connectivity index (χ1n) is 5.23. The smallest absolute Gasteiger partial charge is 0.361 e. The summed E-state index contributed by atoms with van der Waals surface area (Å²) in [5, 5.41) is 9.52. The van der Waals surface area contributed by atoms with Crippen molar-refractivity contribution in [3.05, 3.63) is 0 Å². The van der Waals surface area contributed by atoms with E-state index < -0.39 is 0 Å². The third-order valence-electron chi connectivity index (χ3n) is 2.70. The van der Waals surface area contributed by atoms with Crippen LogP contribution in [0.1, 0.15) is 19.8 Å². The van der Waals surface area contributed by atoms with Gasteiger partial charge < -0.3 is 14.3 Å². The van der Waals surface area contributed by atoms with Crippen molar-refractivity contribution in [1.82, 2.24) is 0 Å². The van der Waals surface area contributed by atoms with Crippen LogP contribution in [0.5, 0.6) is 0 Å². The van der Waals surface area contributed by atoms with Crippen LogP contribution in [0.3, 0.4) is 0 Å². The fourth-order valence-corrected chi connectivity index (χ4v) is 2.06. The summed E-state index contributed by atoms with van der Waals surface area (Å²) in [6, 6.07) is 0. The summed E-state index contributed by atoms with van der Waals surface area (Å²) in [6.45, 7) is 4.24. The number of rotatable bonds is 3. The summed E-state index contributed by atoms with van der Waals surface area (Å²) < 4.78 is 5.52. The van der Waals surface area contributed by atoms with E-state index in [4.69, 9.17) is 4.74 Å². The Bertz CT molecular complexity index is 208. The van der Waals surface area contributed by atoms with E-state index in [0.29, 0.717) is 24.2 Å². The number of piperidine rings is 1. The highest BCUT2D eigenvalue weighted by Gasteiger charge is 2.32. The van der Waals surface area contributed by atoms with Crippen molar-refractivity contribution >= 4 is 5.97 Å². The quantitative estimate of drug-likeness (QED) is 0.523. The molecule has 1 N–H and O–H groups in total. The van der Waals surface area contributed by atoms with Gasteiger partial charge in [-0.15, -0.1) is 0 Å². The molecular formula is C10H20NO3+. The van der Waals surface area contributed by atoms with Crippen LogP contribution >= 0.6 is 0 Å². The predicted octanol–water partition coefficient (Wildman–Crippen LogP) is 0.151. The number of esters is 1. The number of carbonyl (C=O) groups is 1. The van der Waals surface area contributed by atoms with Gasteiger partial charge >= 0.3 is 5.97 Å². The molecule has 0 amide bonds. The Morgan fingerprint density at radius 3 is 2.93 bits per heavy atom. The SMILES string of the molecule is CCOC(=O)C[N+]1(C)CCCC(O)C1. The van der Waals surface area contributed by atoms with Gasteiger partial charge in [0, 0.05) is 0 Å². The highest BCUT2D eigenvalue weighted by molar-refractivity contribution is 5.70. The van der Waals surface area contributed by atoms with Crippen molar-refractivity contribution in [3.8, 4) is 0 Å². The van der Waals surface area contributed by atoms with Crippen molar-refractivity contribution in [1.29, 1.82) is 0 Å². The highest BCUT2D eigenvalue weighted by Crippen LogP contribution is 2.16. The van der Waals surface area contributed by atoms with E-state index in [1.54, 1.807) is 0 Å². The van der Waals surface area contributed by atoms with E-state index >= 15 is 0 Å². The molecule has 0 aromatic rings. The summed E-state index contributed by atoms with van der Waals surface area (Å²) in [6.07, 6.45) is 1.58. The maximum atomic E-state index is 11.3. The number of aliphatic hydroxyl groups is 1. The fraction of sp³-hybridized carbons (Fsp3) is 0.900. The summed E-state index contributed by atoms with van der Waals surface area (Å²) in [7, 11) is 2.00. The maximum Gasteiger partial charge on any atom is 0.361 e. The molecule has 1 aliphatic heterocycles. The lowest BCUT2D eigenvalue weighted by atomic mass is 10.1. The Hall–Kier alpha value is -0.610. The number of hydrogen-bond donors (Lipinski definition) is 1. The van der Waals surface area contributed by atoms with Crippen LogP contribution < -0.4 is 0 Å². The Morgan fingerprint density at radius 1 is 1.64 bits per heavy atom. The van der Waals surface area contributed by atoms with Gasteiger partial charge in [-0.3, -0.25) is 0 Å². The van der Waals surface area contributed by atoms with Gasteiger partial charge in [-0.05, 0) is 19.8 Å². The van der Waals surface area contributed by atoms with E-state index in [2.05, 4.69) is 0 Å². The van der Waals surface area contributed by atoms with Crippen LogP contribution in [-0.4, -0.2) is 55.0 Å². The molecule has 0 radical (unpaired) electrons. The zero-order chi connectivity index (χ0) is 10.6. The lowest BCUT2D eigenvalue weighted by molar-refractivity contribution is -0.910. The van der Waals surface area contributed by atoms with Crippen LogP contribution in [0.25, 0.3) is 0 Å². The van der Waals surface area contributed by atoms with Gasteiger partial charge in [-0.2, -0.15) is 0 Å². The average molecular weight is 202 g/mol. The number of ether oxygens (including phenoxy) is 1. The average Bonchev–Trinajstić information content (AvgIpc) is 2.02. The second kappa shape index (κ2) is 4.75. The standard InChI is InChI=1S/C10H20NO3/c1-3-14-10(13)8-11(2)6-4-5-9(12)7-11/h9,12H,3-8H2,1-2H3/q+1. The molecule has 4 nitrogen and oxygen atoms in total. The number of likely N-dealkylation sites (N-methyl/N-ethyl adjacent to an activating group) is 1. The van der Waals surface area contributed by atoms with Gasteiger partial charge in [-0.1, -0.05) is 0 Å². The Labute approximate surface area is 85.1 Å². The molecule has 14 heavy (non-hydrogen) atoms. The molecule has 0 spiro atoms. The summed E-state index contributed by atoms with van der Waals surface area (Å²) >= 11 is 0. The zero-order valence-corrected chi connectivity index (χ0v) is 9.03. The molecule has 0 aromatic heterocycles.